The van der Waals surface area contributed by atoms with Crippen molar-refractivity contribution in [2.24, 2.45) is 0 Å². The number of anilines is 1. The fourth-order valence-corrected chi connectivity index (χ4v) is 4.29. The van der Waals surface area contributed by atoms with E-state index in [9.17, 15) is 18.0 Å². The first-order valence-corrected chi connectivity index (χ1v) is 11.7. The molecule has 2 N–H and O–H groups in total. The van der Waals surface area contributed by atoms with Crippen molar-refractivity contribution in [3.8, 4) is 0 Å². The van der Waals surface area contributed by atoms with Crippen LogP contribution in [0.15, 0.2) is 60.9 Å². The molecule has 35 heavy (non-hydrogen) atoms. The monoisotopic (exact) mass is 483 g/mol. The van der Waals surface area contributed by atoms with Crippen molar-refractivity contribution in [1.82, 2.24) is 10.3 Å². The van der Waals surface area contributed by atoms with Crippen LogP contribution in [0.5, 0.6) is 0 Å². The highest BCUT2D eigenvalue weighted by Crippen LogP contribution is 2.31. The molecule has 2 heterocycles. The number of nitrogens with zero attached hydrogens (tertiary/aromatic N) is 1. The first-order valence-electron chi connectivity index (χ1n) is 11.7. The molecule has 184 valence electrons. The Labute approximate surface area is 202 Å². The van der Waals surface area contributed by atoms with Crippen LogP contribution in [-0.4, -0.2) is 36.2 Å². The van der Waals surface area contributed by atoms with E-state index in [1.807, 2.05) is 6.92 Å². The van der Waals surface area contributed by atoms with Gasteiger partial charge in [0.1, 0.15) is 17.5 Å². The lowest BCUT2D eigenvalue weighted by Gasteiger charge is -2.28. The molecule has 1 amide bonds. The number of hydrogen-bond acceptors (Lipinski definition) is 4. The topological polar surface area (TPSA) is 63.2 Å². The van der Waals surface area contributed by atoms with Crippen LogP contribution >= 0.6 is 0 Å². The summed E-state index contributed by atoms with van der Waals surface area (Å²) in [4.78, 5) is 16.9. The highest BCUT2D eigenvalue weighted by atomic mass is 19.1. The first kappa shape index (κ1) is 24.9. The maximum atomic E-state index is 14.6. The lowest BCUT2D eigenvalue weighted by molar-refractivity contribution is -0.116. The number of aromatic nitrogens is 1. The molecule has 1 fully saturated rings. The molecule has 8 heteroatoms. The van der Waals surface area contributed by atoms with Crippen molar-refractivity contribution in [2.75, 3.05) is 18.5 Å². The number of carbonyl (C=O) groups is 1. The molecular weight excluding hydrogens is 455 g/mol. The Morgan fingerprint density at radius 2 is 1.89 bits per heavy atom. The predicted molar refractivity (Wildman–Crippen MR) is 128 cm³/mol. The normalized spacial score (nSPS) is 18.7. The lowest BCUT2D eigenvalue weighted by atomic mass is 9.88. The molecule has 1 aliphatic heterocycles. The number of halogens is 3. The average Bonchev–Trinajstić information content (AvgIpc) is 2.84. The van der Waals surface area contributed by atoms with E-state index in [1.165, 1.54) is 36.5 Å². The van der Waals surface area contributed by atoms with Crippen LogP contribution in [0, 0.1) is 17.5 Å². The van der Waals surface area contributed by atoms with Gasteiger partial charge >= 0.3 is 0 Å². The van der Waals surface area contributed by atoms with Crippen molar-refractivity contribution in [3.05, 3.63) is 95.1 Å². The Morgan fingerprint density at radius 1 is 1.11 bits per heavy atom. The quantitative estimate of drug-likeness (QED) is 0.475. The van der Waals surface area contributed by atoms with Gasteiger partial charge in [-0.25, -0.2) is 13.2 Å². The number of nitrogens with one attached hydrogen (secondary N) is 2. The van der Waals surface area contributed by atoms with E-state index in [0.717, 1.165) is 6.20 Å². The molecule has 0 radical (unpaired) electrons. The Morgan fingerprint density at radius 3 is 2.60 bits per heavy atom. The van der Waals surface area contributed by atoms with E-state index in [0.29, 0.717) is 42.7 Å². The summed E-state index contributed by atoms with van der Waals surface area (Å²) < 4.78 is 48.5. The van der Waals surface area contributed by atoms with Crippen molar-refractivity contribution < 1.29 is 22.7 Å². The summed E-state index contributed by atoms with van der Waals surface area (Å²) in [6.07, 6.45) is 3.31. The molecule has 3 atom stereocenters. The summed E-state index contributed by atoms with van der Waals surface area (Å²) in [6.45, 7) is 3.30. The smallest absolute Gasteiger partial charge is 0.225 e. The molecular formula is C27H28F3N3O2. The number of hydrogen-bond donors (Lipinski definition) is 2. The largest absolute Gasteiger partial charge is 0.375 e. The lowest BCUT2D eigenvalue weighted by Crippen LogP contribution is -2.44. The van der Waals surface area contributed by atoms with Crippen molar-refractivity contribution >= 4 is 11.6 Å². The zero-order valence-corrected chi connectivity index (χ0v) is 19.4. The van der Waals surface area contributed by atoms with Crippen molar-refractivity contribution in [1.29, 1.82) is 0 Å². The molecule has 1 aliphatic rings. The zero-order chi connectivity index (χ0) is 24.8. The van der Waals surface area contributed by atoms with Crippen molar-refractivity contribution in [2.45, 2.75) is 44.2 Å². The third-order valence-corrected chi connectivity index (χ3v) is 6.21. The second kappa shape index (κ2) is 11.5. The molecule has 0 spiro atoms. The number of amides is 1. The summed E-state index contributed by atoms with van der Waals surface area (Å²) in [5.74, 6) is -2.47. The van der Waals surface area contributed by atoms with Gasteiger partial charge < -0.3 is 15.4 Å². The Hall–Kier alpha value is -3.23. The van der Waals surface area contributed by atoms with Crippen LogP contribution in [0.2, 0.25) is 0 Å². The fourth-order valence-electron chi connectivity index (χ4n) is 4.29. The van der Waals surface area contributed by atoms with Gasteiger partial charge in [0.05, 0.1) is 30.8 Å². The minimum Gasteiger partial charge on any atom is -0.375 e. The van der Waals surface area contributed by atoms with Gasteiger partial charge in [0.2, 0.25) is 5.91 Å². The summed E-state index contributed by atoms with van der Waals surface area (Å²) in [5, 5.41) is 6.09. The molecule has 0 aliphatic carbocycles. The number of morpholine rings is 1. The van der Waals surface area contributed by atoms with Gasteiger partial charge in [-0.05, 0) is 49.1 Å². The van der Waals surface area contributed by atoms with E-state index in [-0.39, 0.29) is 24.3 Å². The first-order chi connectivity index (χ1) is 16.9. The standard InChI is InChI=1S/C27H28F3N3O2/c1-17-16-35-20(13-32-17)10-11-22-25(30)14-31-15-26(22)33-27(34)12-23(18-6-8-19(28)9-7-18)21-4-2-3-5-24(21)29/h2-9,14-15,17,20,23,32H,10-13,16H2,1H3,(H,33,34)/t17-,20+,23-/m0/s1. The Kier molecular flexibility index (Phi) is 8.15. The number of ether oxygens (including phenoxy) is 1. The molecule has 0 saturated carbocycles. The highest BCUT2D eigenvalue weighted by Gasteiger charge is 2.23. The zero-order valence-electron chi connectivity index (χ0n) is 19.4. The minimum absolute atomic E-state index is 0.0498. The maximum Gasteiger partial charge on any atom is 0.225 e. The van der Waals surface area contributed by atoms with Crippen LogP contribution < -0.4 is 10.6 Å². The average molecular weight is 484 g/mol. The van der Waals surface area contributed by atoms with Gasteiger partial charge in [0.25, 0.3) is 0 Å². The number of carbonyl (C=O) groups excluding carboxylic acids is 1. The van der Waals surface area contributed by atoms with Crippen LogP contribution in [0.4, 0.5) is 18.9 Å². The van der Waals surface area contributed by atoms with E-state index >= 15 is 0 Å². The molecule has 2 aromatic carbocycles. The second-order valence-corrected chi connectivity index (χ2v) is 8.83. The summed E-state index contributed by atoms with van der Waals surface area (Å²) in [7, 11) is 0. The molecule has 3 aromatic rings. The predicted octanol–water partition coefficient (Wildman–Crippen LogP) is 4.97. The van der Waals surface area contributed by atoms with Gasteiger partial charge in [-0.1, -0.05) is 30.3 Å². The van der Waals surface area contributed by atoms with Gasteiger partial charge in [0.15, 0.2) is 0 Å². The molecule has 0 bridgehead atoms. The molecule has 1 saturated heterocycles. The van der Waals surface area contributed by atoms with E-state index in [1.54, 1.807) is 18.2 Å². The summed E-state index contributed by atoms with van der Waals surface area (Å²) in [5.41, 5.74) is 1.54. The number of rotatable bonds is 8. The van der Waals surface area contributed by atoms with Crippen LogP contribution in [0.1, 0.15) is 42.4 Å². The third kappa shape index (κ3) is 6.46. The molecule has 5 nitrogen and oxygen atoms in total. The Balaban J connectivity index is 1.50. The van der Waals surface area contributed by atoms with E-state index in [2.05, 4.69) is 15.6 Å². The molecule has 4 rings (SSSR count). The second-order valence-electron chi connectivity index (χ2n) is 8.83. The maximum absolute atomic E-state index is 14.6. The van der Waals surface area contributed by atoms with Crippen LogP contribution in [-0.2, 0) is 16.0 Å². The number of pyridine rings is 1. The molecule has 0 unspecified atom stereocenters. The van der Waals surface area contributed by atoms with E-state index in [4.69, 9.17) is 4.74 Å². The van der Waals surface area contributed by atoms with Crippen LogP contribution in [0.3, 0.4) is 0 Å². The summed E-state index contributed by atoms with van der Waals surface area (Å²) >= 11 is 0. The van der Waals surface area contributed by atoms with Gasteiger partial charge in [-0.2, -0.15) is 0 Å². The Bertz CT molecular complexity index is 1150. The molecule has 1 aromatic heterocycles. The van der Waals surface area contributed by atoms with Gasteiger partial charge in [-0.15, -0.1) is 0 Å². The van der Waals surface area contributed by atoms with Gasteiger partial charge in [-0.3, -0.25) is 9.78 Å². The highest BCUT2D eigenvalue weighted by molar-refractivity contribution is 5.92. The van der Waals surface area contributed by atoms with Crippen molar-refractivity contribution in [3.63, 3.8) is 0 Å². The van der Waals surface area contributed by atoms with Crippen LogP contribution in [0.25, 0.3) is 0 Å². The summed E-state index contributed by atoms with van der Waals surface area (Å²) in [6, 6.07) is 12.1. The number of benzene rings is 2. The third-order valence-electron chi connectivity index (χ3n) is 6.21. The van der Waals surface area contributed by atoms with Gasteiger partial charge in [0, 0.05) is 30.5 Å². The van der Waals surface area contributed by atoms with E-state index < -0.39 is 29.3 Å². The minimum atomic E-state index is -0.648. The SMILES string of the molecule is C[C@H]1CO[C@H](CCc2c(F)cncc2NC(=O)C[C@@H](c2ccc(F)cc2)c2ccccc2F)CN1. The fraction of sp³-hybridized carbons (Fsp3) is 0.333.